The molecule has 1 saturated heterocycles. The number of fused-ring (bicyclic) bond motifs is 1. The molecular formula is C16H20ClNO4. The van der Waals surface area contributed by atoms with Crippen molar-refractivity contribution in [3.63, 3.8) is 0 Å². The first kappa shape index (κ1) is 15.4. The number of benzene rings is 1. The average Bonchev–Trinajstić information content (AvgIpc) is 2.47. The monoisotopic (exact) mass is 325 g/mol. The average molecular weight is 326 g/mol. The first-order valence-electron chi connectivity index (χ1n) is 7.52. The molecule has 0 aliphatic carbocycles. The van der Waals surface area contributed by atoms with Crippen molar-refractivity contribution in [3.05, 3.63) is 22.7 Å². The van der Waals surface area contributed by atoms with Crippen LogP contribution >= 0.6 is 11.6 Å². The molecule has 1 amide bonds. The molecule has 3 rings (SSSR count). The standard InChI is InChI=1S/C16H20ClNO4/c1-16(2-4-20-5-3-16)18-14(19)10-11-8-12(17)15-13(9-11)21-6-7-22-15/h8-9H,2-7,10H2,1H3,(H,18,19). The van der Waals surface area contributed by atoms with Crippen molar-refractivity contribution in [2.24, 2.45) is 0 Å². The fourth-order valence-corrected chi connectivity index (χ4v) is 3.07. The highest BCUT2D eigenvalue weighted by Gasteiger charge is 2.29. The zero-order valence-corrected chi connectivity index (χ0v) is 13.4. The van der Waals surface area contributed by atoms with Crippen LogP contribution in [0.2, 0.25) is 5.02 Å². The van der Waals surface area contributed by atoms with Crippen molar-refractivity contribution in [3.8, 4) is 11.5 Å². The molecule has 1 aromatic rings. The molecule has 5 nitrogen and oxygen atoms in total. The highest BCUT2D eigenvalue weighted by atomic mass is 35.5. The SMILES string of the molecule is CC1(NC(=O)Cc2cc(Cl)c3c(c2)OCCO3)CCOCC1. The van der Waals surface area contributed by atoms with E-state index < -0.39 is 0 Å². The Bertz CT molecular complexity index is 570. The summed E-state index contributed by atoms with van der Waals surface area (Å²) in [4.78, 5) is 12.3. The minimum Gasteiger partial charge on any atom is -0.486 e. The van der Waals surface area contributed by atoms with Gasteiger partial charge in [-0.1, -0.05) is 11.6 Å². The maximum atomic E-state index is 12.3. The normalized spacial score (nSPS) is 19.5. The Morgan fingerprint density at radius 2 is 1.95 bits per heavy atom. The van der Waals surface area contributed by atoms with Gasteiger partial charge in [0, 0.05) is 18.8 Å². The number of hydrogen-bond acceptors (Lipinski definition) is 4. The molecule has 0 aromatic heterocycles. The van der Waals surface area contributed by atoms with Crippen LogP contribution in [-0.2, 0) is 16.0 Å². The Hall–Kier alpha value is -1.46. The van der Waals surface area contributed by atoms with E-state index >= 15 is 0 Å². The Kier molecular flexibility index (Phi) is 4.45. The lowest BCUT2D eigenvalue weighted by Crippen LogP contribution is -2.50. The van der Waals surface area contributed by atoms with Crippen molar-refractivity contribution in [1.82, 2.24) is 5.32 Å². The van der Waals surface area contributed by atoms with Gasteiger partial charge in [0.15, 0.2) is 11.5 Å². The molecule has 0 bridgehead atoms. The minimum atomic E-state index is -0.188. The van der Waals surface area contributed by atoms with Crippen molar-refractivity contribution in [2.75, 3.05) is 26.4 Å². The van der Waals surface area contributed by atoms with Gasteiger partial charge in [0.05, 0.1) is 11.4 Å². The van der Waals surface area contributed by atoms with Crippen molar-refractivity contribution in [2.45, 2.75) is 31.7 Å². The fourth-order valence-electron chi connectivity index (χ4n) is 2.78. The number of nitrogens with one attached hydrogen (secondary N) is 1. The number of carbonyl (C=O) groups is 1. The molecule has 0 unspecified atom stereocenters. The van der Waals surface area contributed by atoms with Gasteiger partial charge >= 0.3 is 0 Å². The summed E-state index contributed by atoms with van der Waals surface area (Å²) in [6, 6.07) is 3.59. The summed E-state index contributed by atoms with van der Waals surface area (Å²) in [5.74, 6) is 1.16. The van der Waals surface area contributed by atoms with Crippen LogP contribution in [0.4, 0.5) is 0 Å². The number of halogens is 1. The highest BCUT2D eigenvalue weighted by molar-refractivity contribution is 6.32. The highest BCUT2D eigenvalue weighted by Crippen LogP contribution is 2.38. The fraction of sp³-hybridized carbons (Fsp3) is 0.562. The van der Waals surface area contributed by atoms with Gasteiger partial charge in [-0.05, 0) is 37.5 Å². The van der Waals surface area contributed by atoms with Crippen LogP contribution in [0.5, 0.6) is 11.5 Å². The van der Waals surface area contributed by atoms with Crippen molar-refractivity contribution >= 4 is 17.5 Å². The van der Waals surface area contributed by atoms with Gasteiger partial charge < -0.3 is 19.5 Å². The lowest BCUT2D eigenvalue weighted by Gasteiger charge is -2.34. The number of amides is 1. The number of rotatable bonds is 3. The lowest BCUT2D eigenvalue weighted by atomic mass is 9.92. The maximum absolute atomic E-state index is 12.3. The Morgan fingerprint density at radius 3 is 2.73 bits per heavy atom. The van der Waals surface area contributed by atoms with Crippen LogP contribution in [0.15, 0.2) is 12.1 Å². The van der Waals surface area contributed by atoms with Crippen LogP contribution in [0, 0.1) is 0 Å². The smallest absolute Gasteiger partial charge is 0.224 e. The van der Waals surface area contributed by atoms with Crippen LogP contribution in [0.25, 0.3) is 0 Å². The molecule has 0 atom stereocenters. The van der Waals surface area contributed by atoms with Gasteiger partial charge in [-0.3, -0.25) is 4.79 Å². The van der Waals surface area contributed by atoms with Crippen LogP contribution in [0.3, 0.4) is 0 Å². The molecule has 1 fully saturated rings. The zero-order chi connectivity index (χ0) is 15.6. The Balaban J connectivity index is 1.67. The molecule has 1 N–H and O–H groups in total. The topological polar surface area (TPSA) is 56.8 Å². The van der Waals surface area contributed by atoms with Crippen molar-refractivity contribution < 1.29 is 19.0 Å². The second-order valence-electron chi connectivity index (χ2n) is 6.00. The summed E-state index contributed by atoms with van der Waals surface area (Å²) in [7, 11) is 0. The summed E-state index contributed by atoms with van der Waals surface area (Å²) < 4.78 is 16.4. The molecular weight excluding hydrogens is 306 g/mol. The predicted molar refractivity (Wildman–Crippen MR) is 82.7 cm³/mol. The second kappa shape index (κ2) is 6.34. The third-order valence-corrected chi connectivity index (χ3v) is 4.34. The van der Waals surface area contributed by atoms with Gasteiger partial charge in [0.1, 0.15) is 13.2 Å². The van der Waals surface area contributed by atoms with E-state index in [-0.39, 0.29) is 17.9 Å². The zero-order valence-electron chi connectivity index (χ0n) is 12.6. The van der Waals surface area contributed by atoms with E-state index in [2.05, 4.69) is 12.2 Å². The summed E-state index contributed by atoms with van der Waals surface area (Å²) in [5.41, 5.74) is 0.634. The van der Waals surface area contributed by atoms with E-state index in [9.17, 15) is 4.79 Å². The van der Waals surface area contributed by atoms with E-state index in [0.29, 0.717) is 42.9 Å². The first-order valence-corrected chi connectivity index (χ1v) is 7.90. The molecule has 0 saturated carbocycles. The molecule has 120 valence electrons. The van der Waals surface area contributed by atoms with Gasteiger partial charge in [-0.25, -0.2) is 0 Å². The third-order valence-electron chi connectivity index (χ3n) is 4.06. The van der Waals surface area contributed by atoms with Crippen LogP contribution < -0.4 is 14.8 Å². The van der Waals surface area contributed by atoms with E-state index in [1.165, 1.54) is 0 Å². The summed E-state index contributed by atoms with van der Waals surface area (Å²) in [6.07, 6.45) is 1.94. The summed E-state index contributed by atoms with van der Waals surface area (Å²) in [6.45, 7) is 4.42. The van der Waals surface area contributed by atoms with E-state index in [1.807, 2.05) is 6.07 Å². The number of hydrogen-bond donors (Lipinski definition) is 1. The van der Waals surface area contributed by atoms with E-state index in [1.54, 1.807) is 6.07 Å². The van der Waals surface area contributed by atoms with Gasteiger partial charge in [-0.15, -0.1) is 0 Å². The first-order chi connectivity index (χ1) is 10.6. The maximum Gasteiger partial charge on any atom is 0.224 e. The quantitative estimate of drug-likeness (QED) is 0.926. The van der Waals surface area contributed by atoms with Gasteiger partial charge in [0.25, 0.3) is 0 Å². The Morgan fingerprint density at radius 1 is 1.23 bits per heavy atom. The van der Waals surface area contributed by atoms with E-state index in [4.69, 9.17) is 25.8 Å². The van der Waals surface area contributed by atoms with Gasteiger partial charge in [-0.2, -0.15) is 0 Å². The van der Waals surface area contributed by atoms with Gasteiger partial charge in [0.2, 0.25) is 5.91 Å². The molecule has 2 heterocycles. The number of carbonyl (C=O) groups excluding carboxylic acids is 1. The molecule has 2 aliphatic heterocycles. The summed E-state index contributed by atoms with van der Waals surface area (Å²) in [5, 5.41) is 3.59. The molecule has 1 aromatic carbocycles. The number of ether oxygens (including phenoxy) is 3. The molecule has 22 heavy (non-hydrogen) atoms. The van der Waals surface area contributed by atoms with Crippen LogP contribution in [-0.4, -0.2) is 37.9 Å². The van der Waals surface area contributed by atoms with E-state index in [0.717, 1.165) is 18.4 Å². The molecule has 2 aliphatic rings. The second-order valence-corrected chi connectivity index (χ2v) is 6.41. The lowest BCUT2D eigenvalue weighted by molar-refractivity contribution is -0.123. The Labute approximate surface area is 134 Å². The minimum absolute atomic E-state index is 0.0165. The van der Waals surface area contributed by atoms with Crippen molar-refractivity contribution in [1.29, 1.82) is 0 Å². The van der Waals surface area contributed by atoms with Crippen LogP contribution in [0.1, 0.15) is 25.3 Å². The third kappa shape index (κ3) is 3.47. The molecule has 0 spiro atoms. The molecule has 6 heteroatoms. The summed E-state index contributed by atoms with van der Waals surface area (Å²) >= 11 is 6.20. The predicted octanol–water partition coefficient (Wildman–Crippen LogP) is 2.34. The molecule has 0 radical (unpaired) electrons. The largest absolute Gasteiger partial charge is 0.486 e.